The van der Waals surface area contributed by atoms with Crippen molar-refractivity contribution in [3.8, 4) is 5.75 Å². The van der Waals surface area contributed by atoms with Crippen LogP contribution in [-0.2, 0) is 12.7 Å². The summed E-state index contributed by atoms with van der Waals surface area (Å²) in [5.74, 6) is 0.678. The third-order valence-electron chi connectivity index (χ3n) is 4.35. The highest BCUT2D eigenvalue weighted by atomic mass is 35.5. The molecule has 0 radical (unpaired) electrons. The molecular formula is C21H17ClF3N3OS. The number of hydrogen-bond donors (Lipinski definition) is 0. The maximum Gasteiger partial charge on any atom is 0.416 e. The van der Waals surface area contributed by atoms with Gasteiger partial charge in [0, 0.05) is 11.9 Å². The predicted octanol–water partition coefficient (Wildman–Crippen LogP) is 6.48. The Bertz CT molecular complexity index is 1120. The summed E-state index contributed by atoms with van der Waals surface area (Å²) in [5.41, 5.74) is 1.29. The van der Waals surface area contributed by atoms with Crippen LogP contribution in [0.5, 0.6) is 5.75 Å². The molecule has 2 aromatic heterocycles. The first-order valence-corrected chi connectivity index (χ1v) is 9.55. The molecule has 0 aliphatic carbocycles. The number of thiazole rings is 1. The second kappa shape index (κ2) is 8.89. The quantitative estimate of drug-likeness (QED) is 0.348. The van der Waals surface area contributed by atoms with Crippen molar-refractivity contribution in [1.29, 1.82) is 0 Å². The maximum absolute atomic E-state index is 13.3. The van der Waals surface area contributed by atoms with Crippen molar-refractivity contribution in [2.75, 3.05) is 12.0 Å². The fraction of sp³-hybridized carbons (Fsp3) is 0.143. The minimum absolute atomic E-state index is 0. The third-order valence-corrected chi connectivity index (χ3v) is 5.35. The summed E-state index contributed by atoms with van der Waals surface area (Å²) in [6.45, 7) is 0.332. The van der Waals surface area contributed by atoms with E-state index in [0.29, 0.717) is 28.6 Å². The standard InChI is InChI=1S/C21H16F3N3OS.ClH/c1-28-17-8-2-5-14(11-17)13-27(16-7-3-6-15(12-16)21(22,23)24)20-26-18-9-4-10-25-19(18)29-20;/h2-12H,13H2,1H3;1H. The lowest BCUT2D eigenvalue weighted by atomic mass is 10.1. The molecule has 0 spiro atoms. The van der Waals surface area contributed by atoms with Gasteiger partial charge in [-0.25, -0.2) is 9.97 Å². The maximum atomic E-state index is 13.3. The van der Waals surface area contributed by atoms with E-state index in [-0.39, 0.29) is 12.4 Å². The smallest absolute Gasteiger partial charge is 0.416 e. The number of rotatable bonds is 5. The zero-order valence-electron chi connectivity index (χ0n) is 15.8. The zero-order valence-corrected chi connectivity index (χ0v) is 17.4. The van der Waals surface area contributed by atoms with Gasteiger partial charge in [-0.05, 0) is 48.0 Å². The summed E-state index contributed by atoms with van der Waals surface area (Å²) in [5, 5.41) is 0.570. The summed E-state index contributed by atoms with van der Waals surface area (Å²) < 4.78 is 45.1. The van der Waals surface area contributed by atoms with Crippen LogP contribution < -0.4 is 9.64 Å². The monoisotopic (exact) mass is 451 g/mol. The average Bonchev–Trinajstić information content (AvgIpc) is 3.15. The van der Waals surface area contributed by atoms with Crippen molar-refractivity contribution in [2.24, 2.45) is 0 Å². The molecule has 0 amide bonds. The van der Waals surface area contributed by atoms with E-state index < -0.39 is 11.7 Å². The summed E-state index contributed by atoms with van der Waals surface area (Å²) in [6, 6.07) is 16.3. The minimum atomic E-state index is -4.42. The molecule has 0 atom stereocenters. The fourth-order valence-corrected chi connectivity index (χ4v) is 3.88. The van der Waals surface area contributed by atoms with Crippen molar-refractivity contribution in [3.63, 3.8) is 0 Å². The van der Waals surface area contributed by atoms with Gasteiger partial charge in [0.2, 0.25) is 0 Å². The van der Waals surface area contributed by atoms with Gasteiger partial charge in [-0.15, -0.1) is 12.4 Å². The molecule has 4 nitrogen and oxygen atoms in total. The summed E-state index contributed by atoms with van der Waals surface area (Å²) in [4.78, 5) is 11.4. The van der Waals surface area contributed by atoms with Crippen LogP contribution in [-0.4, -0.2) is 17.1 Å². The lowest BCUT2D eigenvalue weighted by molar-refractivity contribution is -0.137. The Morgan fingerprint density at radius 2 is 1.83 bits per heavy atom. The normalized spacial score (nSPS) is 11.2. The third kappa shape index (κ3) is 4.66. The van der Waals surface area contributed by atoms with Crippen LogP contribution >= 0.6 is 23.7 Å². The SMILES string of the molecule is COc1cccc(CN(c2cccc(C(F)(F)F)c2)c2nc3cccnc3s2)c1.Cl. The number of anilines is 2. The fourth-order valence-electron chi connectivity index (χ4n) is 2.95. The molecule has 0 N–H and O–H groups in total. The second-order valence-electron chi connectivity index (χ2n) is 6.31. The van der Waals surface area contributed by atoms with Crippen LogP contribution in [0.2, 0.25) is 0 Å². The molecule has 2 heterocycles. The number of methoxy groups -OCH3 is 1. The van der Waals surface area contributed by atoms with Gasteiger partial charge in [0.05, 0.1) is 19.2 Å². The number of alkyl halides is 3. The lowest BCUT2D eigenvalue weighted by Crippen LogP contribution is -2.17. The molecule has 0 saturated carbocycles. The summed E-state index contributed by atoms with van der Waals surface area (Å²) in [7, 11) is 1.57. The molecule has 0 bridgehead atoms. The van der Waals surface area contributed by atoms with Gasteiger partial charge in [0.1, 0.15) is 16.1 Å². The highest BCUT2D eigenvalue weighted by Gasteiger charge is 2.31. The van der Waals surface area contributed by atoms with Gasteiger partial charge in [-0.3, -0.25) is 0 Å². The van der Waals surface area contributed by atoms with Crippen LogP contribution in [0.15, 0.2) is 66.9 Å². The van der Waals surface area contributed by atoms with Crippen molar-refractivity contribution >= 4 is 44.9 Å². The molecular weight excluding hydrogens is 435 g/mol. The van der Waals surface area contributed by atoms with Crippen LogP contribution in [0.4, 0.5) is 24.0 Å². The molecule has 4 rings (SSSR count). The molecule has 2 aromatic carbocycles. The van der Waals surface area contributed by atoms with Crippen molar-refractivity contribution < 1.29 is 17.9 Å². The number of nitrogens with zero attached hydrogens (tertiary/aromatic N) is 3. The minimum Gasteiger partial charge on any atom is -0.497 e. The number of pyridine rings is 1. The number of hydrogen-bond acceptors (Lipinski definition) is 5. The van der Waals surface area contributed by atoms with Gasteiger partial charge >= 0.3 is 6.18 Å². The van der Waals surface area contributed by atoms with Crippen LogP contribution in [0.3, 0.4) is 0 Å². The molecule has 0 aliphatic rings. The van der Waals surface area contributed by atoms with Crippen LogP contribution in [0.25, 0.3) is 10.3 Å². The van der Waals surface area contributed by atoms with Crippen molar-refractivity contribution in [3.05, 3.63) is 78.0 Å². The number of ether oxygens (including phenoxy) is 1. The molecule has 4 aromatic rings. The van der Waals surface area contributed by atoms with Gasteiger partial charge in [-0.1, -0.05) is 29.5 Å². The number of aromatic nitrogens is 2. The van der Waals surface area contributed by atoms with E-state index in [4.69, 9.17) is 4.74 Å². The molecule has 30 heavy (non-hydrogen) atoms. The van der Waals surface area contributed by atoms with E-state index >= 15 is 0 Å². The van der Waals surface area contributed by atoms with E-state index in [1.165, 1.54) is 17.4 Å². The molecule has 9 heteroatoms. The summed E-state index contributed by atoms with van der Waals surface area (Å²) >= 11 is 1.33. The van der Waals surface area contributed by atoms with Gasteiger partial charge in [0.25, 0.3) is 0 Å². The highest BCUT2D eigenvalue weighted by Crippen LogP contribution is 2.37. The van der Waals surface area contributed by atoms with E-state index in [0.717, 1.165) is 22.5 Å². The average molecular weight is 452 g/mol. The number of benzene rings is 2. The van der Waals surface area contributed by atoms with Crippen LogP contribution in [0.1, 0.15) is 11.1 Å². The Balaban J connectivity index is 0.00000256. The molecule has 0 saturated heterocycles. The van der Waals surface area contributed by atoms with Crippen LogP contribution in [0, 0.1) is 0 Å². The van der Waals surface area contributed by atoms with Crippen molar-refractivity contribution in [2.45, 2.75) is 12.7 Å². The second-order valence-corrected chi connectivity index (χ2v) is 7.27. The van der Waals surface area contributed by atoms with Gasteiger partial charge in [-0.2, -0.15) is 13.2 Å². The van der Waals surface area contributed by atoms with Gasteiger partial charge < -0.3 is 9.64 Å². The Morgan fingerprint density at radius 1 is 1.03 bits per heavy atom. The lowest BCUT2D eigenvalue weighted by Gasteiger charge is -2.23. The van der Waals surface area contributed by atoms with Crippen molar-refractivity contribution in [1.82, 2.24) is 9.97 Å². The van der Waals surface area contributed by atoms with E-state index in [2.05, 4.69) is 9.97 Å². The largest absolute Gasteiger partial charge is 0.497 e. The Morgan fingerprint density at radius 3 is 2.57 bits per heavy atom. The molecule has 0 fully saturated rings. The number of halogens is 4. The first kappa shape index (κ1) is 21.9. The Kier molecular flexibility index (Phi) is 6.48. The molecule has 0 aliphatic heterocycles. The van der Waals surface area contributed by atoms with E-state index in [9.17, 15) is 13.2 Å². The van der Waals surface area contributed by atoms with E-state index in [1.54, 1.807) is 30.3 Å². The first-order chi connectivity index (χ1) is 13.9. The van der Waals surface area contributed by atoms with E-state index in [1.807, 2.05) is 30.3 Å². The number of fused-ring (bicyclic) bond motifs is 1. The molecule has 156 valence electrons. The summed E-state index contributed by atoms with van der Waals surface area (Å²) in [6.07, 6.45) is -2.76. The predicted molar refractivity (Wildman–Crippen MR) is 115 cm³/mol. The first-order valence-electron chi connectivity index (χ1n) is 8.73. The zero-order chi connectivity index (χ0) is 20.4. The van der Waals surface area contributed by atoms with Gasteiger partial charge in [0.15, 0.2) is 5.13 Å². The Labute approximate surface area is 181 Å². The highest BCUT2D eigenvalue weighted by molar-refractivity contribution is 7.21. The topological polar surface area (TPSA) is 38.2 Å². The molecule has 0 unspecified atom stereocenters. The Hall–Kier alpha value is -2.84.